The maximum Gasteiger partial charge on any atom is 0.246 e. The number of amides is 2. The summed E-state index contributed by atoms with van der Waals surface area (Å²) in [4.78, 5) is 33.2. The molecule has 2 aliphatic rings. The standard InChI is InChI=1S/C26H33N3O2/c1-2-28-25(31)26(15-8-18-29(26)24(30)21-9-4-3-5-10-21)19-22-11-6-7-12-23(22)20-13-16-27-17-14-20/h6-7,11-14,16-17,21H,2-5,8-10,15,18-19H2,1H3,(H,28,31). The fourth-order valence-electron chi connectivity index (χ4n) is 5.40. The Morgan fingerprint density at radius 3 is 2.55 bits per heavy atom. The van der Waals surface area contributed by atoms with E-state index in [-0.39, 0.29) is 17.7 Å². The van der Waals surface area contributed by atoms with Crippen LogP contribution in [0.4, 0.5) is 0 Å². The number of carbonyl (C=O) groups excluding carboxylic acids is 2. The summed E-state index contributed by atoms with van der Waals surface area (Å²) in [5.74, 6) is 0.238. The SMILES string of the molecule is CCNC(=O)C1(Cc2ccccc2-c2ccncc2)CCCN1C(=O)C1CCCCC1. The van der Waals surface area contributed by atoms with Crippen molar-refractivity contribution < 1.29 is 9.59 Å². The molecule has 2 heterocycles. The number of pyridine rings is 1. The van der Waals surface area contributed by atoms with Crippen LogP contribution in [0.2, 0.25) is 0 Å². The number of aromatic nitrogens is 1. The molecule has 2 fully saturated rings. The Hall–Kier alpha value is -2.69. The van der Waals surface area contributed by atoms with Crippen molar-refractivity contribution in [2.24, 2.45) is 5.92 Å². The zero-order valence-corrected chi connectivity index (χ0v) is 18.5. The van der Waals surface area contributed by atoms with Gasteiger partial charge >= 0.3 is 0 Å². The van der Waals surface area contributed by atoms with Gasteiger partial charge in [-0.25, -0.2) is 0 Å². The van der Waals surface area contributed by atoms with Gasteiger partial charge in [0.05, 0.1) is 0 Å². The fourth-order valence-corrected chi connectivity index (χ4v) is 5.40. The summed E-state index contributed by atoms with van der Waals surface area (Å²) in [7, 11) is 0. The molecule has 31 heavy (non-hydrogen) atoms. The minimum absolute atomic E-state index is 0.0128. The van der Waals surface area contributed by atoms with Gasteiger partial charge in [0.15, 0.2) is 0 Å². The van der Waals surface area contributed by atoms with Gasteiger partial charge in [-0.15, -0.1) is 0 Å². The minimum Gasteiger partial charge on any atom is -0.354 e. The molecule has 0 radical (unpaired) electrons. The van der Waals surface area contributed by atoms with E-state index >= 15 is 0 Å². The molecule has 1 aromatic heterocycles. The van der Waals surface area contributed by atoms with E-state index in [0.29, 0.717) is 25.9 Å². The maximum atomic E-state index is 13.6. The zero-order valence-electron chi connectivity index (χ0n) is 18.5. The lowest BCUT2D eigenvalue weighted by Gasteiger charge is -2.40. The molecule has 1 aromatic carbocycles. The molecular weight excluding hydrogens is 386 g/mol. The lowest BCUT2D eigenvalue weighted by atomic mass is 9.82. The smallest absolute Gasteiger partial charge is 0.246 e. The first-order valence-corrected chi connectivity index (χ1v) is 11.7. The third kappa shape index (κ3) is 4.36. The maximum absolute atomic E-state index is 13.6. The van der Waals surface area contributed by atoms with Crippen LogP contribution in [0.5, 0.6) is 0 Å². The number of hydrogen-bond acceptors (Lipinski definition) is 3. The normalized spacial score (nSPS) is 21.8. The molecule has 1 atom stereocenters. The number of benzene rings is 1. The summed E-state index contributed by atoms with van der Waals surface area (Å²) in [5.41, 5.74) is 2.47. The number of likely N-dealkylation sites (tertiary alicyclic amines) is 1. The molecule has 1 aliphatic carbocycles. The van der Waals surface area contributed by atoms with Crippen molar-refractivity contribution in [2.45, 2.75) is 63.8 Å². The Morgan fingerprint density at radius 1 is 1.06 bits per heavy atom. The molecule has 5 nitrogen and oxygen atoms in total. The van der Waals surface area contributed by atoms with Crippen molar-refractivity contribution in [3.05, 3.63) is 54.4 Å². The number of likely N-dealkylation sites (N-methyl/N-ethyl adjacent to an activating group) is 1. The molecule has 4 rings (SSSR count). The average Bonchev–Trinajstić information content (AvgIpc) is 3.25. The van der Waals surface area contributed by atoms with E-state index in [9.17, 15) is 9.59 Å². The van der Waals surface area contributed by atoms with Crippen LogP contribution in [-0.2, 0) is 16.0 Å². The van der Waals surface area contributed by atoms with Crippen molar-refractivity contribution in [1.82, 2.24) is 15.2 Å². The van der Waals surface area contributed by atoms with E-state index in [4.69, 9.17) is 0 Å². The second kappa shape index (κ2) is 9.63. The highest BCUT2D eigenvalue weighted by Gasteiger charge is 2.50. The molecule has 1 unspecified atom stereocenters. The highest BCUT2D eigenvalue weighted by molar-refractivity contribution is 5.93. The summed E-state index contributed by atoms with van der Waals surface area (Å²) in [5, 5.41) is 3.05. The molecule has 0 bridgehead atoms. The van der Waals surface area contributed by atoms with Crippen molar-refractivity contribution in [3.8, 4) is 11.1 Å². The Labute approximate surface area is 185 Å². The second-order valence-electron chi connectivity index (χ2n) is 8.89. The molecule has 1 saturated heterocycles. The highest BCUT2D eigenvalue weighted by Crippen LogP contribution is 2.38. The van der Waals surface area contributed by atoms with Crippen molar-refractivity contribution in [1.29, 1.82) is 0 Å². The van der Waals surface area contributed by atoms with Crippen LogP contribution in [0.15, 0.2) is 48.8 Å². The van der Waals surface area contributed by atoms with Crippen LogP contribution in [0.3, 0.4) is 0 Å². The first-order chi connectivity index (χ1) is 15.2. The van der Waals surface area contributed by atoms with Crippen LogP contribution in [0.1, 0.15) is 57.4 Å². The van der Waals surface area contributed by atoms with E-state index in [1.54, 1.807) is 12.4 Å². The molecular formula is C26H33N3O2. The molecule has 5 heteroatoms. The molecule has 164 valence electrons. The molecule has 0 spiro atoms. The third-order valence-corrected chi connectivity index (χ3v) is 6.96. The van der Waals surface area contributed by atoms with Crippen LogP contribution in [0, 0.1) is 5.92 Å². The third-order valence-electron chi connectivity index (χ3n) is 6.96. The van der Waals surface area contributed by atoms with E-state index in [1.807, 2.05) is 36.1 Å². The minimum atomic E-state index is -0.812. The largest absolute Gasteiger partial charge is 0.354 e. The molecule has 1 saturated carbocycles. The predicted molar refractivity (Wildman–Crippen MR) is 122 cm³/mol. The van der Waals surface area contributed by atoms with Crippen molar-refractivity contribution >= 4 is 11.8 Å². The van der Waals surface area contributed by atoms with Gasteiger partial charge in [-0.1, -0.05) is 43.5 Å². The van der Waals surface area contributed by atoms with Crippen LogP contribution >= 0.6 is 0 Å². The van der Waals surface area contributed by atoms with Crippen molar-refractivity contribution in [2.75, 3.05) is 13.1 Å². The Kier molecular flexibility index (Phi) is 6.69. The first-order valence-electron chi connectivity index (χ1n) is 11.7. The van der Waals surface area contributed by atoms with Gasteiger partial charge in [0.1, 0.15) is 5.54 Å². The van der Waals surface area contributed by atoms with Gasteiger partial charge in [0.2, 0.25) is 11.8 Å². The molecule has 2 aromatic rings. The topological polar surface area (TPSA) is 62.3 Å². The molecule has 1 aliphatic heterocycles. The van der Waals surface area contributed by atoms with Gasteiger partial charge < -0.3 is 10.2 Å². The number of carbonyl (C=O) groups is 2. The van der Waals surface area contributed by atoms with Crippen LogP contribution < -0.4 is 5.32 Å². The lowest BCUT2D eigenvalue weighted by molar-refractivity contribution is -0.148. The van der Waals surface area contributed by atoms with Gasteiger partial charge in [0, 0.05) is 37.8 Å². The van der Waals surface area contributed by atoms with E-state index in [0.717, 1.165) is 48.8 Å². The molecule has 2 amide bonds. The van der Waals surface area contributed by atoms with Gasteiger partial charge in [-0.2, -0.15) is 0 Å². The fraction of sp³-hybridized carbons (Fsp3) is 0.500. The van der Waals surface area contributed by atoms with Crippen LogP contribution in [0.25, 0.3) is 11.1 Å². The Bertz CT molecular complexity index is 908. The Balaban J connectivity index is 1.71. The summed E-state index contributed by atoms with van der Waals surface area (Å²) >= 11 is 0. The average molecular weight is 420 g/mol. The second-order valence-corrected chi connectivity index (χ2v) is 8.89. The lowest BCUT2D eigenvalue weighted by Crippen LogP contribution is -2.60. The van der Waals surface area contributed by atoms with Crippen molar-refractivity contribution in [3.63, 3.8) is 0 Å². The predicted octanol–water partition coefficient (Wildman–Crippen LogP) is 4.37. The number of hydrogen-bond donors (Lipinski definition) is 1. The van der Waals surface area contributed by atoms with E-state index < -0.39 is 5.54 Å². The summed E-state index contributed by atoms with van der Waals surface area (Å²) in [6, 6.07) is 12.2. The zero-order chi connectivity index (χ0) is 21.7. The highest BCUT2D eigenvalue weighted by atomic mass is 16.2. The van der Waals surface area contributed by atoms with E-state index in [1.165, 1.54) is 6.42 Å². The molecule has 1 N–H and O–H groups in total. The van der Waals surface area contributed by atoms with Gasteiger partial charge in [-0.3, -0.25) is 14.6 Å². The number of nitrogens with one attached hydrogen (secondary N) is 1. The first kappa shape index (κ1) is 21.5. The Morgan fingerprint density at radius 2 is 1.81 bits per heavy atom. The quantitative estimate of drug-likeness (QED) is 0.756. The number of nitrogens with zero attached hydrogens (tertiary/aromatic N) is 2. The number of rotatable bonds is 6. The van der Waals surface area contributed by atoms with Crippen LogP contribution in [-0.4, -0.2) is 40.3 Å². The van der Waals surface area contributed by atoms with E-state index in [2.05, 4.69) is 22.4 Å². The summed E-state index contributed by atoms with van der Waals surface area (Å²) in [6.07, 6.45) is 11.0. The summed E-state index contributed by atoms with van der Waals surface area (Å²) in [6.45, 7) is 3.18. The van der Waals surface area contributed by atoms with Gasteiger partial charge in [0.25, 0.3) is 0 Å². The van der Waals surface area contributed by atoms with Gasteiger partial charge in [-0.05, 0) is 61.4 Å². The monoisotopic (exact) mass is 419 g/mol. The summed E-state index contributed by atoms with van der Waals surface area (Å²) < 4.78 is 0.